The minimum atomic E-state index is -4.79. The average molecular weight is 804 g/mol. The molecule has 6 atom stereocenters. The van der Waals surface area contributed by atoms with Crippen molar-refractivity contribution < 1.29 is 56.8 Å². The van der Waals surface area contributed by atoms with E-state index in [4.69, 9.17) is 32.7 Å². The van der Waals surface area contributed by atoms with Crippen molar-refractivity contribution in [1.82, 2.24) is 14.9 Å². The number of carboxylic acids is 1. The Bertz CT molecular complexity index is 2180. The summed E-state index contributed by atoms with van der Waals surface area (Å²) in [6.07, 6.45) is -3.26. The van der Waals surface area contributed by atoms with E-state index in [2.05, 4.69) is 10.4 Å². The fraction of sp³-hybridized carbons (Fsp3) is 0.351. The Labute approximate surface area is 320 Å². The van der Waals surface area contributed by atoms with E-state index in [1.54, 1.807) is 6.08 Å². The van der Waals surface area contributed by atoms with Crippen LogP contribution in [0.2, 0.25) is 10.0 Å². The molecule has 18 heteroatoms. The lowest BCUT2D eigenvalue weighted by Gasteiger charge is -2.50. The van der Waals surface area contributed by atoms with Crippen molar-refractivity contribution >= 4 is 58.6 Å². The smallest absolute Gasteiger partial charge is 0.417 e. The van der Waals surface area contributed by atoms with E-state index < -0.39 is 99.4 Å². The number of benzene rings is 2. The van der Waals surface area contributed by atoms with Crippen LogP contribution in [-0.2, 0) is 35.6 Å². The van der Waals surface area contributed by atoms with Gasteiger partial charge >= 0.3 is 12.1 Å². The monoisotopic (exact) mass is 802 g/mol. The van der Waals surface area contributed by atoms with Crippen LogP contribution in [0.25, 0.3) is 0 Å². The van der Waals surface area contributed by atoms with Gasteiger partial charge in [0, 0.05) is 41.4 Å². The van der Waals surface area contributed by atoms with Gasteiger partial charge in [-0.05, 0) is 42.5 Å². The number of aliphatic carboxylic acids is 1. The number of phenolic OH excluding ortho intramolecular Hbond substituents is 1. The molecule has 3 N–H and O–H groups in total. The second-order valence-corrected chi connectivity index (χ2v) is 14.5. The van der Waals surface area contributed by atoms with Crippen LogP contribution in [0.4, 0.5) is 19.0 Å². The molecule has 2 saturated heterocycles. The summed E-state index contributed by atoms with van der Waals surface area (Å²) in [5, 5.41) is 21.5. The van der Waals surface area contributed by atoms with Crippen molar-refractivity contribution in [3.05, 3.63) is 87.0 Å². The Hall–Kier alpha value is -5.35. The van der Waals surface area contributed by atoms with Crippen molar-refractivity contribution in [3.63, 3.8) is 0 Å². The van der Waals surface area contributed by atoms with E-state index in [-0.39, 0.29) is 47.0 Å². The molecule has 1 aromatic heterocycles. The molecule has 0 spiro atoms. The first-order chi connectivity index (χ1) is 26.0. The van der Waals surface area contributed by atoms with Gasteiger partial charge in [-0.15, -0.1) is 0 Å². The number of rotatable bonds is 9. The second-order valence-electron chi connectivity index (χ2n) is 13.7. The molecule has 2 aliphatic carbocycles. The number of ether oxygens (including phenoxy) is 2. The highest BCUT2D eigenvalue weighted by molar-refractivity contribution is 6.33. The molecule has 0 radical (unpaired) electrons. The summed E-state index contributed by atoms with van der Waals surface area (Å²) >= 11 is 12.5. The number of aromatic hydroxyl groups is 1. The number of nitrogens with one attached hydrogen (secondary N) is 1. The van der Waals surface area contributed by atoms with Crippen molar-refractivity contribution in [2.45, 2.75) is 36.8 Å². The molecular formula is C37H31Cl2F3N4O9. The van der Waals surface area contributed by atoms with E-state index in [9.17, 15) is 42.6 Å². The number of pyridine rings is 1. The largest absolute Gasteiger partial charge is 0.507 e. The number of hydrogen-bond acceptors (Lipinski definition) is 10. The lowest BCUT2D eigenvalue weighted by molar-refractivity contribution is -0.143. The number of carbonyl (C=O) groups is 5. The zero-order valence-corrected chi connectivity index (χ0v) is 30.4. The summed E-state index contributed by atoms with van der Waals surface area (Å²) in [5.74, 6) is -10.3. The molecule has 3 aromatic rings. The van der Waals surface area contributed by atoms with Crippen LogP contribution in [0.1, 0.15) is 41.9 Å². The summed E-state index contributed by atoms with van der Waals surface area (Å²) in [6.45, 7) is -0.368. The van der Waals surface area contributed by atoms with Gasteiger partial charge in [-0.3, -0.25) is 34.3 Å². The first-order valence-corrected chi connectivity index (χ1v) is 17.7. The van der Waals surface area contributed by atoms with Crippen LogP contribution in [0.3, 0.4) is 0 Å². The van der Waals surface area contributed by atoms with Gasteiger partial charge in [-0.25, -0.2) is 4.98 Å². The third-order valence-corrected chi connectivity index (χ3v) is 11.6. The molecule has 3 heterocycles. The molecule has 3 fully saturated rings. The van der Waals surface area contributed by atoms with Gasteiger partial charge in [-0.1, -0.05) is 47.0 Å². The van der Waals surface area contributed by atoms with Crippen molar-refractivity contribution in [2.75, 3.05) is 26.2 Å². The summed E-state index contributed by atoms with van der Waals surface area (Å²) in [5.41, 5.74) is 0.160. The number of amides is 4. The van der Waals surface area contributed by atoms with Crippen molar-refractivity contribution in [2.24, 2.45) is 23.7 Å². The highest BCUT2D eigenvalue weighted by Gasteiger charge is 2.71. The zero-order valence-electron chi connectivity index (χ0n) is 28.9. The summed E-state index contributed by atoms with van der Waals surface area (Å²) in [7, 11) is 2.69. The van der Waals surface area contributed by atoms with Crippen LogP contribution in [0.15, 0.2) is 60.3 Å². The SMILES string of the molecule is COc1cc(O)c(C2C3=CCC4C(=O)N(CCC(=O)O)C(=O)C4C3CC3C(=O)N(Nc4ncc(C(F)(F)F)cc4Cl)C(=O)C32c2ccc(Cl)cc2)c(OC)c1. The molecule has 13 nitrogen and oxygen atoms in total. The number of allylic oxidation sites excluding steroid dienone is 2. The Kier molecular flexibility index (Phi) is 9.48. The van der Waals surface area contributed by atoms with Crippen molar-refractivity contribution in [3.8, 4) is 17.2 Å². The number of fused-ring (bicyclic) bond motifs is 4. The zero-order chi connectivity index (χ0) is 39.7. The molecule has 6 unspecified atom stereocenters. The average Bonchev–Trinajstić information content (AvgIpc) is 3.51. The molecular weight excluding hydrogens is 772 g/mol. The predicted molar refractivity (Wildman–Crippen MR) is 187 cm³/mol. The van der Waals surface area contributed by atoms with E-state index >= 15 is 4.79 Å². The van der Waals surface area contributed by atoms with Crippen LogP contribution < -0.4 is 14.9 Å². The number of alkyl halides is 3. The number of methoxy groups -OCH3 is 2. The van der Waals surface area contributed by atoms with Crippen LogP contribution in [-0.4, -0.2) is 75.5 Å². The maximum atomic E-state index is 15.3. The van der Waals surface area contributed by atoms with E-state index in [0.29, 0.717) is 22.8 Å². The van der Waals surface area contributed by atoms with Gasteiger partial charge in [0.05, 0.1) is 54.4 Å². The summed E-state index contributed by atoms with van der Waals surface area (Å²) in [4.78, 5) is 74.0. The topological polar surface area (TPSA) is 176 Å². The Morgan fingerprint density at radius 1 is 1.02 bits per heavy atom. The highest BCUT2D eigenvalue weighted by atomic mass is 35.5. The number of carbonyl (C=O) groups excluding carboxylic acids is 4. The molecule has 4 aliphatic rings. The van der Waals surface area contributed by atoms with Gasteiger partial charge in [0.2, 0.25) is 11.8 Å². The van der Waals surface area contributed by atoms with E-state index in [0.717, 1.165) is 4.90 Å². The maximum absolute atomic E-state index is 15.3. The first kappa shape index (κ1) is 37.9. The van der Waals surface area contributed by atoms with Gasteiger partial charge < -0.3 is 19.7 Å². The van der Waals surface area contributed by atoms with Gasteiger partial charge in [-0.2, -0.15) is 18.2 Å². The molecule has 55 heavy (non-hydrogen) atoms. The summed E-state index contributed by atoms with van der Waals surface area (Å²) < 4.78 is 51.5. The Balaban J connectivity index is 1.46. The normalized spacial score (nSPS) is 26.0. The molecule has 2 aliphatic heterocycles. The number of hydrazine groups is 1. The van der Waals surface area contributed by atoms with Crippen LogP contribution in [0, 0.1) is 23.7 Å². The quantitative estimate of drug-likeness (QED) is 0.182. The number of anilines is 1. The second kappa shape index (κ2) is 13.7. The molecule has 288 valence electrons. The number of halogens is 5. The van der Waals surface area contributed by atoms with E-state index in [1.807, 2.05) is 0 Å². The lowest BCUT2D eigenvalue weighted by atomic mass is 9.49. The fourth-order valence-corrected chi connectivity index (χ4v) is 9.09. The summed E-state index contributed by atoms with van der Waals surface area (Å²) in [6, 6.07) is 9.43. The minimum absolute atomic E-state index is 0.0108. The third-order valence-electron chi connectivity index (χ3n) is 11.0. The number of likely N-dealkylation sites (tertiary alicyclic amines) is 1. The molecule has 1 saturated carbocycles. The van der Waals surface area contributed by atoms with E-state index in [1.165, 1.54) is 50.6 Å². The number of aromatic nitrogens is 1. The molecule has 7 rings (SSSR count). The third kappa shape index (κ3) is 5.93. The number of imide groups is 2. The van der Waals surface area contributed by atoms with Crippen molar-refractivity contribution in [1.29, 1.82) is 0 Å². The number of phenols is 1. The molecule has 4 amide bonds. The number of carboxylic acid groups (broad SMARTS) is 1. The van der Waals surface area contributed by atoms with Gasteiger partial charge in [0.1, 0.15) is 17.2 Å². The number of nitrogens with zero attached hydrogens (tertiary/aromatic N) is 3. The van der Waals surface area contributed by atoms with Gasteiger partial charge in [0.25, 0.3) is 11.8 Å². The molecule has 0 bridgehead atoms. The minimum Gasteiger partial charge on any atom is -0.507 e. The standard InChI is InChI=1S/C37H31Cl2F3N4O9/c1-54-19-12-25(47)29(26(13-19)55-2)30-20-7-8-21-28(34(52)45(32(21)50)10-9-27(48)49)22(20)14-23-33(51)46(35(53)36(23,30)16-3-5-18(38)6-4-16)44-31-24(39)11-17(15-43-31)37(40,41)42/h3-7,11-13,15,21-23,28,30,47H,8-10,14H2,1-2H3,(H,43,44)(H,48,49). The van der Waals surface area contributed by atoms with Crippen LogP contribution >= 0.6 is 23.2 Å². The Morgan fingerprint density at radius 2 is 1.73 bits per heavy atom. The maximum Gasteiger partial charge on any atom is 0.417 e. The van der Waals surface area contributed by atoms with Gasteiger partial charge in [0.15, 0.2) is 5.82 Å². The fourth-order valence-electron chi connectivity index (χ4n) is 8.75. The number of hydrogen-bond donors (Lipinski definition) is 3. The highest BCUT2D eigenvalue weighted by Crippen LogP contribution is 2.66. The molecule has 2 aromatic carbocycles. The van der Waals surface area contributed by atoms with Crippen LogP contribution in [0.5, 0.6) is 17.2 Å². The Morgan fingerprint density at radius 3 is 2.35 bits per heavy atom. The first-order valence-electron chi connectivity index (χ1n) is 16.9. The lowest BCUT2D eigenvalue weighted by Crippen LogP contribution is -2.53. The predicted octanol–water partition coefficient (Wildman–Crippen LogP) is 5.59.